The number of anilines is 1. The van der Waals surface area contributed by atoms with Gasteiger partial charge in [-0.25, -0.2) is 13.1 Å². The second-order valence-corrected chi connectivity index (χ2v) is 15.4. The van der Waals surface area contributed by atoms with Crippen LogP contribution in [0.25, 0.3) is 0 Å². The molecule has 2 fully saturated rings. The smallest absolute Gasteiger partial charge is 0.264 e. The van der Waals surface area contributed by atoms with Gasteiger partial charge in [0.1, 0.15) is 18.0 Å². The molecular weight excluding hydrogens is 600 g/mol. The van der Waals surface area contributed by atoms with E-state index in [9.17, 15) is 13.2 Å². The van der Waals surface area contributed by atoms with Gasteiger partial charge < -0.3 is 19.1 Å². The number of ether oxygens (including phenoxy) is 3. The van der Waals surface area contributed by atoms with E-state index in [1.807, 2.05) is 25.1 Å². The molecule has 4 aliphatic rings. The van der Waals surface area contributed by atoms with Crippen LogP contribution in [-0.2, 0) is 32.5 Å². The van der Waals surface area contributed by atoms with Crippen LogP contribution in [0.15, 0.2) is 48.6 Å². The first-order valence-corrected chi connectivity index (χ1v) is 17.8. The molecule has 6 rings (SSSR count). The normalized spacial score (nSPS) is 31.7. The van der Waals surface area contributed by atoms with Crippen LogP contribution in [0.1, 0.15) is 67.4 Å². The number of allylic oxidation sites excluding steroid dienone is 1. The maximum atomic E-state index is 13.4. The van der Waals surface area contributed by atoms with Gasteiger partial charge in [-0.3, -0.25) is 4.79 Å². The van der Waals surface area contributed by atoms with Crippen molar-refractivity contribution in [2.75, 3.05) is 37.8 Å². The number of carbonyl (C=O) groups excluding carboxylic acids is 1. The van der Waals surface area contributed by atoms with Crippen molar-refractivity contribution in [2.45, 2.75) is 69.8 Å². The summed E-state index contributed by atoms with van der Waals surface area (Å²) in [4.78, 5) is 15.7. The number of halogens is 1. The number of nitrogens with one attached hydrogen (secondary N) is 1. The van der Waals surface area contributed by atoms with Gasteiger partial charge in [0.25, 0.3) is 5.91 Å². The van der Waals surface area contributed by atoms with Crippen LogP contribution in [-0.4, -0.2) is 58.1 Å². The molecule has 44 heavy (non-hydrogen) atoms. The van der Waals surface area contributed by atoms with Gasteiger partial charge in [0.05, 0.1) is 30.8 Å². The third-order valence-electron chi connectivity index (χ3n) is 10.1. The summed E-state index contributed by atoms with van der Waals surface area (Å²) in [5, 5.41) is -0.0551. The molecule has 5 atom stereocenters. The van der Waals surface area contributed by atoms with Gasteiger partial charge in [-0.15, -0.1) is 0 Å². The van der Waals surface area contributed by atoms with Crippen LogP contribution in [0.5, 0.6) is 5.75 Å². The van der Waals surface area contributed by atoms with Crippen molar-refractivity contribution in [3.63, 3.8) is 0 Å². The summed E-state index contributed by atoms with van der Waals surface area (Å²) in [5.41, 5.74) is 2.83. The lowest BCUT2D eigenvalue weighted by atomic mass is 9.64. The Morgan fingerprint density at radius 2 is 1.91 bits per heavy atom. The predicted molar refractivity (Wildman–Crippen MR) is 172 cm³/mol. The summed E-state index contributed by atoms with van der Waals surface area (Å²) in [6, 6.07) is 11.2. The molecule has 2 aromatic carbocycles. The second-order valence-electron chi connectivity index (χ2n) is 12.9. The molecular formula is C34H43ClN2O6S. The van der Waals surface area contributed by atoms with Crippen molar-refractivity contribution >= 4 is 33.2 Å². The number of sulfonamides is 1. The van der Waals surface area contributed by atoms with E-state index in [2.05, 4.69) is 21.8 Å². The molecule has 1 amide bonds. The lowest BCUT2D eigenvalue weighted by Gasteiger charge is -2.51. The number of nitrogens with zero attached hydrogens (tertiary/aromatic N) is 1. The van der Waals surface area contributed by atoms with Crippen molar-refractivity contribution in [2.24, 2.45) is 17.8 Å². The fourth-order valence-electron chi connectivity index (χ4n) is 7.05. The quantitative estimate of drug-likeness (QED) is 0.357. The molecule has 0 unspecified atom stereocenters. The highest BCUT2D eigenvalue weighted by molar-refractivity contribution is 7.90. The van der Waals surface area contributed by atoms with E-state index in [4.69, 9.17) is 25.8 Å². The maximum absolute atomic E-state index is 13.4. The van der Waals surface area contributed by atoms with Gasteiger partial charge in [-0.1, -0.05) is 36.7 Å². The lowest BCUT2D eigenvalue weighted by molar-refractivity contribution is -0.182. The fourth-order valence-corrected chi connectivity index (χ4v) is 8.53. The van der Waals surface area contributed by atoms with E-state index in [0.717, 1.165) is 56.4 Å². The van der Waals surface area contributed by atoms with Gasteiger partial charge in [0.2, 0.25) is 10.0 Å². The molecule has 1 spiro atoms. The first-order chi connectivity index (χ1) is 21.1. The van der Waals surface area contributed by atoms with E-state index in [1.54, 1.807) is 25.1 Å². The van der Waals surface area contributed by atoms with E-state index in [-0.39, 0.29) is 11.8 Å². The molecule has 1 aliphatic carbocycles. The molecule has 0 radical (unpaired) electrons. The Bertz CT molecular complexity index is 1510. The Hall–Kier alpha value is -2.59. The first-order valence-electron chi connectivity index (χ1n) is 15.9. The van der Waals surface area contributed by atoms with Gasteiger partial charge >= 0.3 is 0 Å². The minimum absolute atomic E-state index is 0.211. The monoisotopic (exact) mass is 642 g/mol. The molecule has 1 N–H and O–H groups in total. The number of hydrogen-bond donors (Lipinski definition) is 1. The third kappa shape index (κ3) is 6.52. The number of aryl methyl sites for hydroxylation is 1. The predicted octanol–water partition coefficient (Wildman–Crippen LogP) is 5.92. The van der Waals surface area contributed by atoms with Crippen LogP contribution in [0.4, 0.5) is 5.69 Å². The SMILES string of the molecule is C[C@@H]1[C@@H](C)C/C=C/[C@@]2(COCCO2)[C@@H]2CC[C@H]2CN2CCCCc3cc(Cl)ccc3COc3ccc(cc32)C(=O)NS1(=O)=O. The Labute approximate surface area is 266 Å². The van der Waals surface area contributed by atoms with Gasteiger partial charge in [0.15, 0.2) is 0 Å². The van der Waals surface area contributed by atoms with Crippen LogP contribution < -0.4 is 14.4 Å². The summed E-state index contributed by atoms with van der Waals surface area (Å²) < 4.78 is 48.0. The molecule has 2 aromatic rings. The van der Waals surface area contributed by atoms with E-state index >= 15 is 0 Å². The standard InChI is InChI=1S/C34H43ClN2O6S/c1-23-6-5-14-34(22-41-16-17-43-34)30-12-9-27(30)20-37-15-4-3-7-25-18-29(35)11-8-28(25)21-42-32-13-10-26(19-31(32)37)33(38)36-44(39,40)24(23)2/h5,8,10-11,13-14,18-19,23-24,27,30H,3-4,6-7,9,12,15-17,20-22H2,1-2H3,(H,36,38)/b14-5+/t23-,24+,27-,30+,34+/m0/s1. The number of carbonyl (C=O) groups is 1. The molecule has 0 aromatic heterocycles. The van der Waals surface area contributed by atoms with Crippen molar-refractivity contribution in [1.82, 2.24) is 4.72 Å². The van der Waals surface area contributed by atoms with Crippen LogP contribution in [0, 0.1) is 17.8 Å². The summed E-state index contributed by atoms with van der Waals surface area (Å²) in [6.45, 7) is 7.08. The van der Waals surface area contributed by atoms with Crippen molar-refractivity contribution in [1.29, 1.82) is 0 Å². The number of amides is 1. The van der Waals surface area contributed by atoms with Crippen molar-refractivity contribution < 1.29 is 27.4 Å². The molecule has 1 saturated heterocycles. The number of fused-ring (bicyclic) bond motifs is 4. The maximum Gasteiger partial charge on any atom is 0.264 e. The van der Waals surface area contributed by atoms with Gasteiger partial charge in [-0.2, -0.15) is 0 Å². The molecule has 238 valence electrons. The number of benzene rings is 2. The Morgan fingerprint density at radius 1 is 1.05 bits per heavy atom. The second kappa shape index (κ2) is 13.0. The molecule has 10 heteroatoms. The first kappa shape index (κ1) is 31.4. The van der Waals surface area contributed by atoms with Gasteiger partial charge in [-0.05, 0) is 105 Å². The van der Waals surface area contributed by atoms with E-state index < -0.39 is 26.8 Å². The van der Waals surface area contributed by atoms with Crippen LogP contribution in [0.2, 0.25) is 5.02 Å². The largest absolute Gasteiger partial charge is 0.487 e. The highest BCUT2D eigenvalue weighted by Crippen LogP contribution is 2.47. The molecule has 8 nitrogen and oxygen atoms in total. The summed E-state index contributed by atoms with van der Waals surface area (Å²) in [5.74, 6) is 0.452. The molecule has 1 saturated carbocycles. The van der Waals surface area contributed by atoms with Gasteiger partial charge in [0, 0.05) is 23.7 Å². The minimum atomic E-state index is -3.92. The summed E-state index contributed by atoms with van der Waals surface area (Å²) in [7, 11) is -3.92. The lowest BCUT2D eigenvalue weighted by Crippen LogP contribution is -2.56. The Kier molecular flexibility index (Phi) is 9.30. The van der Waals surface area contributed by atoms with Crippen molar-refractivity contribution in [3.8, 4) is 5.75 Å². The van der Waals surface area contributed by atoms with Crippen molar-refractivity contribution in [3.05, 3.63) is 70.3 Å². The molecule has 2 bridgehead atoms. The van der Waals surface area contributed by atoms with Crippen LogP contribution >= 0.6 is 11.6 Å². The molecule has 3 heterocycles. The van der Waals surface area contributed by atoms with E-state index in [1.165, 1.54) is 5.56 Å². The number of hydrogen-bond acceptors (Lipinski definition) is 7. The number of rotatable bonds is 0. The highest BCUT2D eigenvalue weighted by Gasteiger charge is 2.49. The highest BCUT2D eigenvalue weighted by atomic mass is 35.5. The average Bonchev–Trinajstić information content (AvgIpc) is 3.01. The summed E-state index contributed by atoms with van der Waals surface area (Å²) >= 11 is 6.34. The third-order valence-corrected chi connectivity index (χ3v) is 12.2. The topological polar surface area (TPSA) is 94.2 Å². The van der Waals surface area contributed by atoms with Crippen LogP contribution in [0.3, 0.4) is 0 Å². The molecule has 3 aliphatic heterocycles. The summed E-state index contributed by atoms with van der Waals surface area (Å²) in [6.07, 6.45) is 9.67. The minimum Gasteiger partial charge on any atom is -0.487 e. The fraction of sp³-hybridized carbons (Fsp3) is 0.559. The zero-order valence-electron chi connectivity index (χ0n) is 25.6. The zero-order chi connectivity index (χ0) is 30.9. The average molecular weight is 643 g/mol. The Balaban J connectivity index is 1.41. The zero-order valence-corrected chi connectivity index (χ0v) is 27.2. The Morgan fingerprint density at radius 3 is 2.68 bits per heavy atom. The van der Waals surface area contributed by atoms with E-state index in [0.29, 0.717) is 55.1 Å².